The zero-order valence-corrected chi connectivity index (χ0v) is 14.5. The molecule has 6 rings (SSSR count). The van der Waals surface area contributed by atoms with Crippen molar-refractivity contribution in [3.8, 4) is 0 Å². The number of nitrogens with zero attached hydrogens (tertiary/aromatic N) is 1. The van der Waals surface area contributed by atoms with Crippen molar-refractivity contribution in [2.45, 2.75) is 6.42 Å². The minimum atomic E-state index is -0.552. The van der Waals surface area contributed by atoms with Crippen LogP contribution in [0.3, 0.4) is 0 Å². The quantitative estimate of drug-likeness (QED) is 0.637. The predicted molar refractivity (Wildman–Crippen MR) is 90.5 cm³/mol. The number of halogens is 2. The van der Waals surface area contributed by atoms with Crippen molar-refractivity contribution in [1.29, 1.82) is 0 Å². The van der Waals surface area contributed by atoms with Gasteiger partial charge in [0.05, 0.1) is 21.9 Å². The van der Waals surface area contributed by atoms with Crippen molar-refractivity contribution in [2.75, 3.05) is 0 Å². The van der Waals surface area contributed by atoms with Gasteiger partial charge in [-0.2, -0.15) is 5.01 Å². The highest BCUT2D eigenvalue weighted by Gasteiger charge is 2.67. The number of allylic oxidation sites excluding steroid dienone is 2. The van der Waals surface area contributed by atoms with Gasteiger partial charge in [-0.15, -0.1) is 0 Å². The van der Waals surface area contributed by atoms with Crippen LogP contribution in [0.1, 0.15) is 16.8 Å². The fraction of sp³-hybridized carbons (Fsp3) is 0.389. The van der Waals surface area contributed by atoms with Gasteiger partial charge in [0.1, 0.15) is 0 Å². The molecule has 2 bridgehead atoms. The molecule has 4 aliphatic carbocycles. The van der Waals surface area contributed by atoms with Gasteiger partial charge >= 0.3 is 0 Å². The molecule has 5 aliphatic rings. The SMILES string of the molecule is O=C(NN1C(=O)[C@@H]2[C@H]3C=C[C@H]([C@@H]4C[C@H]34)[C@@H]2C1=O)c1ccc(Cl)c(Cl)c1. The molecule has 0 aromatic heterocycles. The lowest BCUT2D eigenvalue weighted by atomic mass is 9.63. The van der Waals surface area contributed by atoms with E-state index in [1.54, 1.807) is 0 Å². The van der Waals surface area contributed by atoms with Crippen molar-refractivity contribution in [1.82, 2.24) is 10.4 Å². The van der Waals surface area contributed by atoms with Crippen LogP contribution in [0.25, 0.3) is 0 Å². The van der Waals surface area contributed by atoms with E-state index in [4.69, 9.17) is 23.2 Å². The van der Waals surface area contributed by atoms with Gasteiger partial charge in [0.15, 0.2) is 0 Å². The molecule has 2 saturated carbocycles. The van der Waals surface area contributed by atoms with E-state index >= 15 is 0 Å². The lowest BCUT2D eigenvalue weighted by Gasteiger charge is -2.37. The monoisotopic (exact) mass is 376 g/mol. The van der Waals surface area contributed by atoms with E-state index in [9.17, 15) is 14.4 Å². The Morgan fingerprint density at radius 1 is 1.00 bits per heavy atom. The molecule has 0 radical (unpaired) electrons. The average molecular weight is 377 g/mol. The molecule has 128 valence electrons. The molecule has 3 amide bonds. The zero-order valence-electron chi connectivity index (χ0n) is 13.0. The van der Waals surface area contributed by atoms with Crippen LogP contribution >= 0.6 is 23.2 Å². The Balaban J connectivity index is 1.40. The molecule has 1 saturated heterocycles. The number of hydrogen-bond acceptors (Lipinski definition) is 3. The average Bonchev–Trinajstić information content (AvgIpc) is 3.38. The maximum absolute atomic E-state index is 12.8. The van der Waals surface area contributed by atoms with E-state index in [-0.39, 0.29) is 46.1 Å². The number of carbonyl (C=O) groups is 3. The Kier molecular flexibility index (Phi) is 3.13. The number of carbonyl (C=O) groups excluding carboxylic acids is 3. The van der Waals surface area contributed by atoms with Crippen LogP contribution in [-0.4, -0.2) is 22.7 Å². The molecule has 6 atom stereocenters. The van der Waals surface area contributed by atoms with E-state index in [1.165, 1.54) is 18.2 Å². The van der Waals surface area contributed by atoms with Crippen molar-refractivity contribution >= 4 is 40.9 Å². The first kappa shape index (κ1) is 15.4. The van der Waals surface area contributed by atoms with Gasteiger partial charge in [-0.3, -0.25) is 19.8 Å². The molecule has 1 heterocycles. The molecular formula is C18H14Cl2N2O3. The van der Waals surface area contributed by atoms with Crippen LogP contribution in [0.5, 0.6) is 0 Å². The third kappa shape index (κ3) is 2.06. The number of benzene rings is 1. The summed E-state index contributed by atoms with van der Waals surface area (Å²) in [7, 11) is 0. The van der Waals surface area contributed by atoms with E-state index in [1.807, 2.05) is 0 Å². The maximum atomic E-state index is 12.8. The summed E-state index contributed by atoms with van der Waals surface area (Å²) in [6, 6.07) is 4.42. The number of nitrogens with one attached hydrogen (secondary N) is 1. The van der Waals surface area contributed by atoms with Crippen molar-refractivity contribution in [3.63, 3.8) is 0 Å². The molecule has 7 heteroatoms. The molecular weight excluding hydrogens is 363 g/mol. The summed E-state index contributed by atoms with van der Waals surface area (Å²) in [5.41, 5.74) is 2.71. The lowest BCUT2D eigenvalue weighted by molar-refractivity contribution is -0.143. The molecule has 1 aliphatic heterocycles. The van der Waals surface area contributed by atoms with E-state index in [2.05, 4.69) is 17.6 Å². The number of imide groups is 1. The van der Waals surface area contributed by atoms with Crippen LogP contribution in [0.4, 0.5) is 0 Å². The normalized spacial score (nSPS) is 37.1. The molecule has 0 spiro atoms. The second-order valence-corrected chi connectivity index (χ2v) is 8.05. The minimum absolute atomic E-state index is 0.128. The second kappa shape index (κ2) is 5.08. The van der Waals surface area contributed by atoms with Gasteiger partial charge in [0.25, 0.3) is 17.7 Å². The van der Waals surface area contributed by atoms with Crippen LogP contribution in [0, 0.1) is 35.5 Å². The highest BCUT2D eigenvalue weighted by Crippen LogP contribution is 2.65. The largest absolute Gasteiger partial charge is 0.272 e. The van der Waals surface area contributed by atoms with Gasteiger partial charge in [-0.1, -0.05) is 35.4 Å². The Hall–Kier alpha value is -1.85. The Morgan fingerprint density at radius 2 is 1.60 bits per heavy atom. The second-order valence-electron chi connectivity index (χ2n) is 7.24. The van der Waals surface area contributed by atoms with Crippen molar-refractivity contribution in [3.05, 3.63) is 46.0 Å². The van der Waals surface area contributed by atoms with Crippen molar-refractivity contribution in [2.24, 2.45) is 35.5 Å². The topological polar surface area (TPSA) is 66.5 Å². The predicted octanol–water partition coefficient (Wildman–Crippen LogP) is 2.69. The summed E-state index contributed by atoms with van der Waals surface area (Å²) in [5.74, 6) is -0.504. The van der Waals surface area contributed by atoms with Gasteiger partial charge in [0.2, 0.25) is 0 Å². The lowest BCUT2D eigenvalue weighted by Crippen LogP contribution is -2.46. The Morgan fingerprint density at radius 3 is 2.16 bits per heavy atom. The van der Waals surface area contributed by atoms with Gasteiger partial charge in [-0.05, 0) is 48.3 Å². The van der Waals surface area contributed by atoms with E-state index < -0.39 is 5.91 Å². The third-order valence-corrected chi connectivity index (χ3v) is 6.80. The van der Waals surface area contributed by atoms with Gasteiger partial charge < -0.3 is 0 Å². The first-order valence-electron chi connectivity index (χ1n) is 8.29. The number of amides is 3. The molecule has 5 nitrogen and oxygen atoms in total. The third-order valence-electron chi connectivity index (χ3n) is 6.06. The molecule has 3 fully saturated rings. The summed E-state index contributed by atoms with van der Waals surface area (Å²) < 4.78 is 0. The molecule has 25 heavy (non-hydrogen) atoms. The fourth-order valence-electron chi connectivity index (χ4n) is 4.87. The first-order valence-corrected chi connectivity index (χ1v) is 9.05. The van der Waals surface area contributed by atoms with Crippen molar-refractivity contribution < 1.29 is 14.4 Å². The zero-order chi connectivity index (χ0) is 17.5. The summed E-state index contributed by atoms with van der Waals surface area (Å²) in [6.07, 6.45) is 5.29. The molecule has 1 N–H and O–H groups in total. The Bertz CT molecular complexity index is 832. The number of rotatable bonds is 2. The fourth-order valence-corrected chi connectivity index (χ4v) is 5.17. The van der Waals surface area contributed by atoms with Crippen LogP contribution in [-0.2, 0) is 9.59 Å². The first-order chi connectivity index (χ1) is 12.0. The summed E-state index contributed by atoms with van der Waals surface area (Å²) >= 11 is 11.8. The van der Waals surface area contributed by atoms with Crippen LogP contribution in [0.2, 0.25) is 10.0 Å². The molecule has 0 unspecified atom stereocenters. The molecule has 1 aromatic carbocycles. The summed E-state index contributed by atoms with van der Waals surface area (Å²) in [5, 5.41) is 1.49. The number of hydrogen-bond donors (Lipinski definition) is 1. The van der Waals surface area contributed by atoms with Crippen LogP contribution < -0.4 is 5.43 Å². The van der Waals surface area contributed by atoms with Gasteiger partial charge in [0, 0.05) is 5.56 Å². The maximum Gasteiger partial charge on any atom is 0.270 e. The van der Waals surface area contributed by atoms with Crippen LogP contribution in [0.15, 0.2) is 30.4 Å². The number of hydrazine groups is 1. The molecule has 1 aromatic rings. The summed E-state index contributed by atoms with van der Waals surface area (Å²) in [6.45, 7) is 0. The highest BCUT2D eigenvalue weighted by atomic mass is 35.5. The van der Waals surface area contributed by atoms with Gasteiger partial charge in [-0.25, -0.2) is 0 Å². The smallest absolute Gasteiger partial charge is 0.270 e. The minimum Gasteiger partial charge on any atom is -0.272 e. The Labute approximate surface area is 153 Å². The van der Waals surface area contributed by atoms with E-state index in [0.717, 1.165) is 11.4 Å². The summed E-state index contributed by atoms with van der Waals surface area (Å²) in [4.78, 5) is 38.0. The van der Waals surface area contributed by atoms with E-state index in [0.29, 0.717) is 16.9 Å². The standard InChI is InChI=1S/C18H14Cl2N2O3/c19-12-4-1-7(5-13(12)20)16(23)21-22-17(24)14-8-2-3-9(11-6-10(8)11)15(14)18(22)25/h1-5,8-11,14-15H,6H2,(H,21,23)/t8-,9+,10+,11-,14+,15-. The highest BCUT2D eigenvalue weighted by molar-refractivity contribution is 6.42.